The van der Waals surface area contributed by atoms with Gasteiger partial charge in [0.1, 0.15) is 0 Å². The lowest BCUT2D eigenvalue weighted by Crippen LogP contribution is -2.00. The molecule has 3 aromatic heterocycles. The van der Waals surface area contributed by atoms with Crippen LogP contribution in [0.25, 0.3) is 100 Å². The van der Waals surface area contributed by atoms with Crippen molar-refractivity contribution in [2.45, 2.75) is 0 Å². The van der Waals surface area contributed by atoms with E-state index in [1.165, 1.54) is 27.1 Å². The van der Waals surface area contributed by atoms with Gasteiger partial charge in [-0.1, -0.05) is 146 Å². The Morgan fingerprint density at radius 3 is 1.41 bits per heavy atom. The van der Waals surface area contributed by atoms with Crippen LogP contribution in [0.4, 0.5) is 0 Å². The van der Waals surface area contributed by atoms with Gasteiger partial charge in [0, 0.05) is 55.2 Å². The Hall–Kier alpha value is -7.56. The molecule has 11 aromatic rings. The van der Waals surface area contributed by atoms with Crippen LogP contribution in [0.2, 0.25) is 0 Å². The number of nitrogens with zero attached hydrogens (tertiary/aromatic N) is 4. The third-order valence-electron chi connectivity index (χ3n) is 10.9. The molecular formula is C52H34N4. The van der Waals surface area contributed by atoms with Gasteiger partial charge in [-0.25, -0.2) is 9.97 Å². The highest BCUT2D eigenvalue weighted by molar-refractivity contribution is 6.18. The molecule has 3 heterocycles. The molecule has 0 saturated carbocycles. The van der Waals surface area contributed by atoms with Gasteiger partial charge in [0.15, 0.2) is 5.82 Å². The Morgan fingerprint density at radius 2 is 0.804 bits per heavy atom. The van der Waals surface area contributed by atoms with E-state index in [0.29, 0.717) is 5.82 Å². The second-order valence-corrected chi connectivity index (χ2v) is 14.2. The Labute approximate surface area is 324 Å². The number of aromatic nitrogens is 4. The van der Waals surface area contributed by atoms with Crippen molar-refractivity contribution < 1.29 is 0 Å². The average Bonchev–Trinajstić information content (AvgIpc) is 3.80. The molecule has 0 spiro atoms. The van der Waals surface area contributed by atoms with E-state index in [1.807, 2.05) is 12.1 Å². The molecule has 0 N–H and O–H groups in total. The third-order valence-corrected chi connectivity index (χ3v) is 10.9. The largest absolute Gasteiger partial charge is 0.309 e. The summed E-state index contributed by atoms with van der Waals surface area (Å²) in [5.74, 6) is 0.679. The molecule has 0 aliphatic carbocycles. The summed E-state index contributed by atoms with van der Waals surface area (Å²) in [7, 11) is 0. The predicted octanol–water partition coefficient (Wildman–Crippen LogP) is 13.3. The van der Waals surface area contributed by atoms with Crippen molar-refractivity contribution >= 4 is 43.6 Å². The summed E-state index contributed by atoms with van der Waals surface area (Å²) in [6.07, 6.45) is 0. The standard InChI is InChI=1S/C52H34N4/c1-5-17-35(18-6-1)45-34-46(36-19-7-2-8-20-36)54-52(53-45)43-31-30-42-40-25-13-16-28-48(40)56(39-23-11-4-12-24-39)51(42)50(43)37-29-32-49-44(33-37)41-26-14-15-27-47(41)55(49)38-21-9-3-10-22-38/h1-34H. The van der Waals surface area contributed by atoms with Gasteiger partial charge < -0.3 is 9.13 Å². The second-order valence-electron chi connectivity index (χ2n) is 14.2. The van der Waals surface area contributed by atoms with Gasteiger partial charge in [-0.3, -0.25) is 0 Å². The first-order valence-corrected chi connectivity index (χ1v) is 19.0. The molecule has 0 aliphatic rings. The lowest BCUT2D eigenvalue weighted by molar-refractivity contribution is 1.17. The first kappa shape index (κ1) is 31.9. The number of fused-ring (bicyclic) bond motifs is 6. The second kappa shape index (κ2) is 13.1. The molecule has 4 heteroatoms. The lowest BCUT2D eigenvalue weighted by atomic mass is 9.94. The van der Waals surface area contributed by atoms with Crippen molar-refractivity contribution in [1.29, 1.82) is 0 Å². The highest BCUT2D eigenvalue weighted by atomic mass is 15.0. The van der Waals surface area contributed by atoms with Crippen LogP contribution in [0.15, 0.2) is 206 Å². The molecule has 0 fully saturated rings. The van der Waals surface area contributed by atoms with E-state index in [1.54, 1.807) is 0 Å². The number of para-hydroxylation sites is 4. The molecule has 0 atom stereocenters. The summed E-state index contributed by atoms with van der Waals surface area (Å²) in [6, 6.07) is 73.1. The van der Waals surface area contributed by atoms with Gasteiger partial charge in [0.2, 0.25) is 0 Å². The first-order chi connectivity index (χ1) is 27.8. The molecule has 262 valence electrons. The molecule has 0 amide bonds. The molecule has 0 saturated heterocycles. The number of benzene rings is 8. The van der Waals surface area contributed by atoms with Gasteiger partial charge >= 0.3 is 0 Å². The van der Waals surface area contributed by atoms with E-state index in [4.69, 9.17) is 9.97 Å². The average molecular weight is 715 g/mol. The molecule has 8 aromatic carbocycles. The molecule has 0 bridgehead atoms. The predicted molar refractivity (Wildman–Crippen MR) is 232 cm³/mol. The van der Waals surface area contributed by atoms with Crippen molar-refractivity contribution in [1.82, 2.24) is 19.1 Å². The maximum Gasteiger partial charge on any atom is 0.161 e. The lowest BCUT2D eigenvalue weighted by Gasteiger charge is -2.17. The van der Waals surface area contributed by atoms with E-state index in [0.717, 1.165) is 67.1 Å². The van der Waals surface area contributed by atoms with E-state index in [2.05, 4.69) is 203 Å². The third kappa shape index (κ3) is 5.15. The number of hydrogen-bond donors (Lipinski definition) is 0. The van der Waals surface area contributed by atoms with Crippen molar-refractivity contribution in [3.8, 4) is 56.4 Å². The smallest absolute Gasteiger partial charge is 0.161 e. The van der Waals surface area contributed by atoms with Crippen LogP contribution >= 0.6 is 0 Å². The monoisotopic (exact) mass is 714 g/mol. The van der Waals surface area contributed by atoms with Crippen molar-refractivity contribution in [3.05, 3.63) is 206 Å². The van der Waals surface area contributed by atoms with Crippen LogP contribution in [-0.4, -0.2) is 19.1 Å². The van der Waals surface area contributed by atoms with Crippen molar-refractivity contribution in [3.63, 3.8) is 0 Å². The SMILES string of the molecule is c1ccc(-c2cc(-c3ccccc3)nc(-c3ccc4c5ccccc5n(-c5ccccc5)c4c3-c3ccc4c(c3)c3ccccc3n4-c3ccccc3)n2)cc1. The van der Waals surface area contributed by atoms with Crippen LogP contribution in [0.1, 0.15) is 0 Å². The summed E-state index contributed by atoms with van der Waals surface area (Å²) in [6.45, 7) is 0. The van der Waals surface area contributed by atoms with E-state index < -0.39 is 0 Å². The Kier molecular flexibility index (Phi) is 7.46. The highest BCUT2D eigenvalue weighted by Gasteiger charge is 2.23. The molecule has 4 nitrogen and oxygen atoms in total. The van der Waals surface area contributed by atoms with Gasteiger partial charge in [-0.15, -0.1) is 0 Å². The zero-order valence-corrected chi connectivity index (χ0v) is 30.4. The summed E-state index contributed by atoms with van der Waals surface area (Å²) >= 11 is 0. The minimum Gasteiger partial charge on any atom is -0.309 e. The minimum atomic E-state index is 0.679. The summed E-state index contributed by atoms with van der Waals surface area (Å²) in [5, 5.41) is 4.78. The van der Waals surface area contributed by atoms with E-state index >= 15 is 0 Å². The fraction of sp³-hybridized carbons (Fsp3) is 0. The van der Waals surface area contributed by atoms with Gasteiger partial charge in [-0.05, 0) is 66.2 Å². The molecule has 56 heavy (non-hydrogen) atoms. The summed E-state index contributed by atoms with van der Waals surface area (Å²) < 4.78 is 4.79. The van der Waals surface area contributed by atoms with Gasteiger partial charge in [0.25, 0.3) is 0 Å². The Morgan fingerprint density at radius 1 is 0.321 bits per heavy atom. The van der Waals surface area contributed by atoms with Crippen LogP contribution in [0.5, 0.6) is 0 Å². The Bertz CT molecular complexity index is 3160. The van der Waals surface area contributed by atoms with Crippen molar-refractivity contribution in [2.75, 3.05) is 0 Å². The summed E-state index contributed by atoms with van der Waals surface area (Å²) in [5.41, 5.74) is 13.9. The molecule has 11 rings (SSSR count). The maximum atomic E-state index is 5.38. The summed E-state index contributed by atoms with van der Waals surface area (Å²) in [4.78, 5) is 10.8. The van der Waals surface area contributed by atoms with E-state index in [-0.39, 0.29) is 0 Å². The fourth-order valence-electron chi connectivity index (χ4n) is 8.45. The molecule has 0 unspecified atom stereocenters. The van der Waals surface area contributed by atoms with Crippen LogP contribution in [0.3, 0.4) is 0 Å². The molecule has 0 radical (unpaired) electrons. The number of hydrogen-bond acceptors (Lipinski definition) is 2. The highest BCUT2D eigenvalue weighted by Crippen LogP contribution is 2.45. The van der Waals surface area contributed by atoms with Gasteiger partial charge in [-0.2, -0.15) is 0 Å². The molecular weight excluding hydrogens is 681 g/mol. The van der Waals surface area contributed by atoms with E-state index in [9.17, 15) is 0 Å². The zero-order chi connectivity index (χ0) is 37.0. The topological polar surface area (TPSA) is 35.6 Å². The van der Waals surface area contributed by atoms with Crippen LogP contribution < -0.4 is 0 Å². The maximum absolute atomic E-state index is 5.38. The number of rotatable bonds is 6. The minimum absolute atomic E-state index is 0.679. The molecule has 0 aliphatic heterocycles. The fourth-order valence-corrected chi connectivity index (χ4v) is 8.45. The zero-order valence-electron chi connectivity index (χ0n) is 30.4. The Balaban J connectivity index is 1.28. The van der Waals surface area contributed by atoms with Crippen molar-refractivity contribution in [2.24, 2.45) is 0 Å². The van der Waals surface area contributed by atoms with Crippen LogP contribution in [0, 0.1) is 0 Å². The first-order valence-electron chi connectivity index (χ1n) is 19.0. The normalized spacial score (nSPS) is 11.6. The van der Waals surface area contributed by atoms with Gasteiger partial charge in [0.05, 0.1) is 33.5 Å². The van der Waals surface area contributed by atoms with Crippen LogP contribution in [-0.2, 0) is 0 Å². The quantitative estimate of drug-likeness (QED) is 0.172.